The maximum Gasteiger partial charge on any atom is 0.143 e. The summed E-state index contributed by atoms with van der Waals surface area (Å²) in [6.07, 6.45) is 0. The van der Waals surface area contributed by atoms with Crippen molar-refractivity contribution in [3.8, 4) is 11.8 Å². The number of nitrogens with one attached hydrogen (secondary N) is 1. The Morgan fingerprint density at radius 3 is 2.74 bits per heavy atom. The van der Waals surface area contributed by atoms with E-state index in [1.165, 1.54) is 0 Å². The molecule has 0 aromatic heterocycles. The SMILES string of the molecule is COc1cc(C#N)ccc1Nc1cccc(Cl)c1N. The van der Waals surface area contributed by atoms with Gasteiger partial charge in [-0.1, -0.05) is 17.7 Å². The van der Waals surface area contributed by atoms with E-state index in [1.54, 1.807) is 37.4 Å². The number of methoxy groups -OCH3 is 1. The van der Waals surface area contributed by atoms with Gasteiger partial charge in [-0.15, -0.1) is 0 Å². The smallest absolute Gasteiger partial charge is 0.143 e. The van der Waals surface area contributed by atoms with Crippen molar-refractivity contribution in [1.29, 1.82) is 5.26 Å². The van der Waals surface area contributed by atoms with Crippen molar-refractivity contribution in [2.45, 2.75) is 0 Å². The average molecular weight is 274 g/mol. The molecule has 0 amide bonds. The summed E-state index contributed by atoms with van der Waals surface area (Å²) in [5.41, 5.74) is 8.30. The third kappa shape index (κ3) is 2.72. The molecule has 0 radical (unpaired) electrons. The summed E-state index contributed by atoms with van der Waals surface area (Å²) in [6.45, 7) is 0. The summed E-state index contributed by atoms with van der Waals surface area (Å²) < 4.78 is 5.24. The normalized spacial score (nSPS) is 9.74. The number of hydrogen-bond acceptors (Lipinski definition) is 4. The van der Waals surface area contributed by atoms with Crippen molar-refractivity contribution in [3.63, 3.8) is 0 Å². The van der Waals surface area contributed by atoms with Gasteiger partial charge in [-0.25, -0.2) is 0 Å². The highest BCUT2D eigenvalue weighted by atomic mass is 35.5. The van der Waals surface area contributed by atoms with Crippen molar-refractivity contribution >= 4 is 28.7 Å². The predicted molar refractivity (Wildman–Crippen MR) is 76.9 cm³/mol. The predicted octanol–water partition coefficient (Wildman–Crippen LogP) is 3.55. The van der Waals surface area contributed by atoms with Gasteiger partial charge in [-0.2, -0.15) is 5.26 Å². The van der Waals surface area contributed by atoms with E-state index in [-0.39, 0.29) is 0 Å². The number of nitrogens with zero attached hydrogens (tertiary/aromatic N) is 1. The lowest BCUT2D eigenvalue weighted by Gasteiger charge is -2.13. The number of para-hydroxylation sites is 1. The molecule has 96 valence electrons. The number of rotatable bonds is 3. The maximum atomic E-state index is 8.86. The van der Waals surface area contributed by atoms with Crippen molar-refractivity contribution in [3.05, 3.63) is 47.0 Å². The van der Waals surface area contributed by atoms with Crippen molar-refractivity contribution in [2.24, 2.45) is 0 Å². The van der Waals surface area contributed by atoms with E-state index >= 15 is 0 Å². The van der Waals surface area contributed by atoms with Gasteiger partial charge >= 0.3 is 0 Å². The maximum absolute atomic E-state index is 8.86. The van der Waals surface area contributed by atoms with Crippen LogP contribution in [-0.4, -0.2) is 7.11 Å². The van der Waals surface area contributed by atoms with Crippen LogP contribution in [0.4, 0.5) is 17.1 Å². The molecule has 0 saturated heterocycles. The molecule has 4 nitrogen and oxygen atoms in total. The van der Waals surface area contributed by atoms with E-state index in [0.717, 1.165) is 5.69 Å². The van der Waals surface area contributed by atoms with Gasteiger partial charge in [0.2, 0.25) is 0 Å². The zero-order chi connectivity index (χ0) is 13.8. The molecule has 0 heterocycles. The number of benzene rings is 2. The Bertz CT molecular complexity index is 650. The highest BCUT2D eigenvalue weighted by Gasteiger charge is 2.08. The van der Waals surface area contributed by atoms with Gasteiger partial charge in [-0.05, 0) is 24.3 Å². The second-order valence-corrected chi connectivity index (χ2v) is 4.26. The van der Waals surface area contributed by atoms with Crippen LogP contribution in [0.3, 0.4) is 0 Å². The Morgan fingerprint density at radius 2 is 2.05 bits per heavy atom. The zero-order valence-electron chi connectivity index (χ0n) is 10.3. The van der Waals surface area contributed by atoms with Crippen LogP contribution in [0, 0.1) is 11.3 Å². The number of nitriles is 1. The molecule has 0 spiro atoms. The summed E-state index contributed by atoms with van der Waals surface area (Å²) in [4.78, 5) is 0. The van der Waals surface area contributed by atoms with E-state index in [9.17, 15) is 0 Å². The first-order valence-corrected chi connectivity index (χ1v) is 5.92. The van der Waals surface area contributed by atoms with E-state index in [4.69, 9.17) is 27.3 Å². The van der Waals surface area contributed by atoms with E-state index in [1.807, 2.05) is 6.07 Å². The molecule has 0 aliphatic carbocycles. The molecule has 5 heteroatoms. The number of ether oxygens (including phenoxy) is 1. The van der Waals surface area contributed by atoms with Gasteiger partial charge in [0, 0.05) is 6.07 Å². The fourth-order valence-corrected chi connectivity index (χ4v) is 1.83. The van der Waals surface area contributed by atoms with Gasteiger partial charge in [-0.3, -0.25) is 0 Å². The number of nitrogen functional groups attached to an aromatic ring is 1. The summed E-state index contributed by atoms with van der Waals surface area (Å²) in [7, 11) is 1.54. The fraction of sp³-hybridized carbons (Fsp3) is 0.0714. The number of hydrogen-bond donors (Lipinski definition) is 2. The van der Waals surface area contributed by atoms with Crippen LogP contribution in [0.5, 0.6) is 5.75 Å². The molecule has 19 heavy (non-hydrogen) atoms. The molecule has 0 bridgehead atoms. The molecule has 0 unspecified atom stereocenters. The number of nitrogens with two attached hydrogens (primary N) is 1. The summed E-state index contributed by atoms with van der Waals surface area (Å²) in [5, 5.41) is 12.5. The largest absolute Gasteiger partial charge is 0.495 e. The molecular formula is C14H12ClN3O. The Labute approximate surface area is 116 Å². The first kappa shape index (κ1) is 13.1. The third-order valence-corrected chi connectivity index (χ3v) is 2.98. The topological polar surface area (TPSA) is 71.1 Å². The standard InChI is InChI=1S/C14H12ClN3O/c1-19-13-7-9(8-16)5-6-11(13)18-12-4-2-3-10(15)14(12)17/h2-7,18H,17H2,1H3. The second kappa shape index (κ2) is 5.51. The number of halogens is 1. The van der Waals surface area contributed by atoms with Crippen LogP contribution < -0.4 is 15.8 Å². The fourth-order valence-electron chi connectivity index (χ4n) is 1.66. The highest BCUT2D eigenvalue weighted by Crippen LogP contribution is 2.33. The second-order valence-electron chi connectivity index (χ2n) is 3.85. The molecular weight excluding hydrogens is 262 g/mol. The molecule has 0 aliphatic rings. The minimum Gasteiger partial charge on any atom is -0.495 e. The highest BCUT2D eigenvalue weighted by molar-refractivity contribution is 6.33. The van der Waals surface area contributed by atoms with Crippen LogP contribution in [0.2, 0.25) is 5.02 Å². The Kier molecular flexibility index (Phi) is 3.79. The lowest BCUT2D eigenvalue weighted by Crippen LogP contribution is -1.99. The average Bonchev–Trinajstić information content (AvgIpc) is 2.44. The quantitative estimate of drug-likeness (QED) is 0.839. The monoisotopic (exact) mass is 273 g/mol. The van der Waals surface area contributed by atoms with Crippen LogP contribution in [0.25, 0.3) is 0 Å². The van der Waals surface area contributed by atoms with Crippen molar-refractivity contribution < 1.29 is 4.74 Å². The molecule has 0 saturated carbocycles. The minimum atomic E-state index is 0.468. The van der Waals surface area contributed by atoms with Crippen molar-refractivity contribution in [1.82, 2.24) is 0 Å². The lowest BCUT2D eigenvalue weighted by atomic mass is 10.2. The Balaban J connectivity index is 2.38. The Morgan fingerprint density at radius 1 is 1.26 bits per heavy atom. The molecule has 2 rings (SSSR count). The zero-order valence-corrected chi connectivity index (χ0v) is 11.0. The molecule has 0 fully saturated rings. The third-order valence-electron chi connectivity index (χ3n) is 2.65. The van der Waals surface area contributed by atoms with Gasteiger partial charge in [0.15, 0.2) is 0 Å². The van der Waals surface area contributed by atoms with Crippen LogP contribution >= 0.6 is 11.6 Å². The van der Waals surface area contributed by atoms with E-state index in [0.29, 0.717) is 27.7 Å². The molecule has 2 aromatic rings. The molecule has 3 N–H and O–H groups in total. The first-order valence-electron chi connectivity index (χ1n) is 5.55. The molecule has 2 aromatic carbocycles. The van der Waals surface area contributed by atoms with E-state index < -0.39 is 0 Å². The van der Waals surface area contributed by atoms with Gasteiger partial charge < -0.3 is 15.8 Å². The lowest BCUT2D eigenvalue weighted by molar-refractivity contribution is 0.416. The van der Waals surface area contributed by atoms with E-state index in [2.05, 4.69) is 11.4 Å². The minimum absolute atomic E-state index is 0.468. The summed E-state index contributed by atoms with van der Waals surface area (Å²) >= 11 is 5.96. The van der Waals surface area contributed by atoms with Gasteiger partial charge in [0.1, 0.15) is 5.75 Å². The first-order chi connectivity index (χ1) is 9.15. The van der Waals surface area contributed by atoms with Crippen LogP contribution in [0.1, 0.15) is 5.56 Å². The van der Waals surface area contributed by atoms with Crippen LogP contribution in [0.15, 0.2) is 36.4 Å². The van der Waals surface area contributed by atoms with Gasteiger partial charge in [0.05, 0.1) is 40.8 Å². The Hall–Kier alpha value is -2.38. The molecule has 0 atom stereocenters. The summed E-state index contributed by atoms with van der Waals surface area (Å²) in [5.74, 6) is 0.568. The number of anilines is 3. The molecule has 0 aliphatic heterocycles. The van der Waals surface area contributed by atoms with Crippen LogP contribution in [-0.2, 0) is 0 Å². The summed E-state index contributed by atoms with van der Waals surface area (Å²) in [6, 6.07) is 12.5. The van der Waals surface area contributed by atoms with Crippen molar-refractivity contribution in [2.75, 3.05) is 18.2 Å². The van der Waals surface area contributed by atoms with Gasteiger partial charge in [0.25, 0.3) is 0 Å².